The quantitative estimate of drug-likeness (QED) is 0.849. The number of benzene rings is 1. The van der Waals surface area contributed by atoms with E-state index < -0.39 is 0 Å². The van der Waals surface area contributed by atoms with Gasteiger partial charge in [0.15, 0.2) is 0 Å². The normalized spacial score (nSPS) is 17.3. The summed E-state index contributed by atoms with van der Waals surface area (Å²) in [6.45, 7) is 13.1. The fraction of sp³-hybridized carbons (Fsp3) is 0.522. The summed E-state index contributed by atoms with van der Waals surface area (Å²) in [7, 11) is 0. The summed E-state index contributed by atoms with van der Waals surface area (Å²) in [6, 6.07) is 8.02. The number of carbonyl (C=O) groups is 1. The molecule has 2 aliphatic rings. The van der Waals surface area contributed by atoms with Crippen LogP contribution < -0.4 is 9.80 Å². The largest absolute Gasteiger partial charge is 0.345 e. The number of nitrogens with one attached hydrogen (secondary N) is 1. The molecule has 0 aliphatic carbocycles. The molecule has 6 heteroatoms. The molecule has 1 fully saturated rings. The molecule has 6 nitrogen and oxygen atoms in total. The molecule has 29 heavy (non-hydrogen) atoms. The molecule has 0 saturated carbocycles. The maximum atomic E-state index is 13.1. The number of anilines is 1. The SMILES string of the molecule is CCc1ccc(C(=O)N2CCc3nc(C)nc(N4CC[NH+](CC)CC4)c3C2)cc1. The zero-order chi connectivity index (χ0) is 20.4. The summed E-state index contributed by atoms with van der Waals surface area (Å²) >= 11 is 0. The highest BCUT2D eigenvalue weighted by Gasteiger charge is 2.29. The van der Waals surface area contributed by atoms with Crippen LogP contribution in [0, 0.1) is 6.92 Å². The Labute approximate surface area is 173 Å². The van der Waals surface area contributed by atoms with Gasteiger partial charge in [0.25, 0.3) is 5.91 Å². The van der Waals surface area contributed by atoms with Gasteiger partial charge in [-0.1, -0.05) is 19.1 Å². The molecular weight excluding hydrogens is 362 g/mol. The van der Waals surface area contributed by atoms with Crippen molar-refractivity contribution in [3.05, 3.63) is 52.5 Å². The number of hydrogen-bond donors (Lipinski definition) is 1. The molecular formula is C23H32N5O+. The lowest BCUT2D eigenvalue weighted by Crippen LogP contribution is -3.14. The highest BCUT2D eigenvalue weighted by molar-refractivity contribution is 5.94. The van der Waals surface area contributed by atoms with Gasteiger partial charge >= 0.3 is 0 Å². The maximum absolute atomic E-state index is 13.1. The molecule has 1 N–H and O–H groups in total. The van der Waals surface area contributed by atoms with E-state index >= 15 is 0 Å². The molecule has 0 radical (unpaired) electrons. The highest BCUT2D eigenvalue weighted by atomic mass is 16.2. The first-order valence-corrected chi connectivity index (χ1v) is 10.9. The molecule has 1 aromatic carbocycles. The molecule has 0 spiro atoms. The van der Waals surface area contributed by atoms with Gasteiger partial charge < -0.3 is 14.7 Å². The first-order valence-electron chi connectivity index (χ1n) is 10.9. The van der Waals surface area contributed by atoms with E-state index in [0.717, 1.165) is 67.5 Å². The molecule has 2 aromatic rings. The van der Waals surface area contributed by atoms with Crippen molar-refractivity contribution in [3.63, 3.8) is 0 Å². The van der Waals surface area contributed by atoms with Crippen LogP contribution in [0.5, 0.6) is 0 Å². The van der Waals surface area contributed by atoms with Crippen LogP contribution in [0.2, 0.25) is 0 Å². The van der Waals surface area contributed by atoms with E-state index in [0.29, 0.717) is 13.1 Å². The third-order valence-electron chi connectivity index (χ3n) is 6.32. The Morgan fingerprint density at radius 1 is 1.07 bits per heavy atom. The summed E-state index contributed by atoms with van der Waals surface area (Å²) in [6.07, 6.45) is 1.78. The number of likely N-dealkylation sites (N-methyl/N-ethyl adjacent to an activating group) is 1. The summed E-state index contributed by atoms with van der Waals surface area (Å²) < 4.78 is 0. The molecule has 1 amide bonds. The lowest BCUT2D eigenvalue weighted by atomic mass is 10.0. The zero-order valence-electron chi connectivity index (χ0n) is 17.9. The van der Waals surface area contributed by atoms with Crippen LogP contribution in [0.3, 0.4) is 0 Å². The minimum absolute atomic E-state index is 0.102. The average molecular weight is 395 g/mol. The number of fused-ring (bicyclic) bond motifs is 1. The first kappa shape index (κ1) is 19.8. The summed E-state index contributed by atoms with van der Waals surface area (Å²) in [5.74, 6) is 1.98. The van der Waals surface area contributed by atoms with Crippen molar-refractivity contribution in [2.24, 2.45) is 0 Å². The topological polar surface area (TPSA) is 53.8 Å². The molecule has 154 valence electrons. The van der Waals surface area contributed by atoms with Crippen molar-refractivity contribution in [1.82, 2.24) is 14.9 Å². The number of aromatic nitrogens is 2. The number of rotatable bonds is 4. The number of amides is 1. The fourth-order valence-electron chi connectivity index (χ4n) is 4.41. The standard InChI is InChI=1S/C23H31N5O/c1-4-18-6-8-19(9-7-18)23(29)28-11-10-21-20(16-28)22(25-17(3)24-21)27-14-12-26(5-2)13-15-27/h6-9H,4-5,10-16H2,1-3H3/p+1. The van der Waals surface area contributed by atoms with Crippen LogP contribution in [0.1, 0.15) is 46.9 Å². The Hall–Kier alpha value is -2.47. The second kappa shape index (κ2) is 8.49. The van der Waals surface area contributed by atoms with Crippen molar-refractivity contribution in [2.75, 3.05) is 44.2 Å². The zero-order valence-corrected chi connectivity index (χ0v) is 17.9. The predicted octanol–water partition coefficient (Wildman–Crippen LogP) is 1.27. The van der Waals surface area contributed by atoms with Crippen LogP contribution in [-0.2, 0) is 19.4 Å². The summed E-state index contributed by atoms with van der Waals surface area (Å²) in [4.78, 5) is 28.6. The van der Waals surface area contributed by atoms with E-state index in [2.05, 4.69) is 30.9 Å². The summed E-state index contributed by atoms with van der Waals surface area (Å²) in [5, 5.41) is 0. The molecule has 0 unspecified atom stereocenters. The van der Waals surface area contributed by atoms with Gasteiger partial charge in [0.2, 0.25) is 0 Å². The van der Waals surface area contributed by atoms with E-state index in [4.69, 9.17) is 9.97 Å². The van der Waals surface area contributed by atoms with Crippen LogP contribution >= 0.6 is 0 Å². The minimum atomic E-state index is 0.102. The molecule has 1 saturated heterocycles. The number of carbonyl (C=O) groups excluding carboxylic acids is 1. The average Bonchev–Trinajstić information content (AvgIpc) is 2.78. The minimum Gasteiger partial charge on any atom is -0.345 e. The van der Waals surface area contributed by atoms with Gasteiger partial charge in [-0.25, -0.2) is 9.97 Å². The number of piperazine rings is 1. The third-order valence-corrected chi connectivity index (χ3v) is 6.32. The van der Waals surface area contributed by atoms with E-state index in [9.17, 15) is 4.79 Å². The predicted molar refractivity (Wildman–Crippen MR) is 114 cm³/mol. The van der Waals surface area contributed by atoms with Gasteiger partial charge in [0.1, 0.15) is 11.6 Å². The molecule has 2 aliphatic heterocycles. The van der Waals surface area contributed by atoms with Crippen molar-refractivity contribution < 1.29 is 9.69 Å². The second-order valence-electron chi connectivity index (χ2n) is 8.14. The molecule has 0 atom stereocenters. The van der Waals surface area contributed by atoms with Crippen LogP contribution in [-0.4, -0.2) is 60.0 Å². The van der Waals surface area contributed by atoms with E-state index in [1.807, 2.05) is 24.0 Å². The Morgan fingerprint density at radius 3 is 2.45 bits per heavy atom. The number of hydrogen-bond acceptors (Lipinski definition) is 4. The Morgan fingerprint density at radius 2 is 1.79 bits per heavy atom. The van der Waals surface area contributed by atoms with E-state index in [1.165, 1.54) is 12.1 Å². The number of quaternary nitrogens is 1. The van der Waals surface area contributed by atoms with Crippen molar-refractivity contribution in [3.8, 4) is 0 Å². The molecule has 1 aromatic heterocycles. The van der Waals surface area contributed by atoms with Crippen molar-refractivity contribution >= 4 is 11.7 Å². The Balaban J connectivity index is 1.57. The summed E-state index contributed by atoms with van der Waals surface area (Å²) in [5.41, 5.74) is 4.27. The third kappa shape index (κ3) is 4.13. The molecule has 0 bridgehead atoms. The van der Waals surface area contributed by atoms with Crippen LogP contribution in [0.4, 0.5) is 5.82 Å². The van der Waals surface area contributed by atoms with Gasteiger partial charge in [-0.05, 0) is 38.0 Å². The Bertz CT molecular complexity index is 872. The lowest BCUT2D eigenvalue weighted by molar-refractivity contribution is -0.898. The van der Waals surface area contributed by atoms with Gasteiger partial charge in [-0.15, -0.1) is 0 Å². The molecule has 4 rings (SSSR count). The van der Waals surface area contributed by atoms with Gasteiger partial charge in [0.05, 0.1) is 45.0 Å². The van der Waals surface area contributed by atoms with Crippen LogP contribution in [0.25, 0.3) is 0 Å². The number of aryl methyl sites for hydroxylation is 2. The van der Waals surface area contributed by atoms with Gasteiger partial charge in [-0.3, -0.25) is 4.79 Å². The smallest absolute Gasteiger partial charge is 0.254 e. The Kier molecular flexibility index (Phi) is 5.81. The van der Waals surface area contributed by atoms with Crippen molar-refractivity contribution in [2.45, 2.75) is 40.2 Å². The van der Waals surface area contributed by atoms with Crippen molar-refractivity contribution in [1.29, 1.82) is 0 Å². The van der Waals surface area contributed by atoms with Crippen LogP contribution in [0.15, 0.2) is 24.3 Å². The highest BCUT2D eigenvalue weighted by Crippen LogP contribution is 2.27. The fourth-order valence-corrected chi connectivity index (χ4v) is 4.41. The van der Waals surface area contributed by atoms with Gasteiger partial charge in [0, 0.05) is 24.1 Å². The maximum Gasteiger partial charge on any atom is 0.254 e. The lowest BCUT2D eigenvalue weighted by Gasteiger charge is -2.36. The van der Waals surface area contributed by atoms with Gasteiger partial charge in [-0.2, -0.15) is 0 Å². The molecule has 3 heterocycles. The monoisotopic (exact) mass is 394 g/mol. The number of nitrogens with zero attached hydrogens (tertiary/aromatic N) is 4. The van der Waals surface area contributed by atoms with E-state index in [-0.39, 0.29) is 5.91 Å². The first-order chi connectivity index (χ1) is 14.1. The van der Waals surface area contributed by atoms with E-state index in [1.54, 1.807) is 4.90 Å². The second-order valence-corrected chi connectivity index (χ2v) is 8.14.